The highest BCUT2D eigenvalue weighted by atomic mass is 32.1. The third-order valence-electron chi connectivity index (χ3n) is 4.02. The SMILES string of the molecule is CC(C)Cc1ncc(-c2nccnc2C[C@H]2CCCNC2)s1. The molecule has 22 heavy (non-hydrogen) atoms. The van der Waals surface area contributed by atoms with Crippen molar-refractivity contribution in [2.24, 2.45) is 11.8 Å². The zero-order valence-corrected chi connectivity index (χ0v) is 14.2. The predicted molar refractivity (Wildman–Crippen MR) is 91.0 cm³/mol. The third-order valence-corrected chi connectivity index (χ3v) is 5.05. The molecule has 1 N–H and O–H groups in total. The summed E-state index contributed by atoms with van der Waals surface area (Å²) in [4.78, 5) is 14.9. The lowest BCUT2D eigenvalue weighted by Gasteiger charge is -2.22. The summed E-state index contributed by atoms with van der Waals surface area (Å²) < 4.78 is 0. The lowest BCUT2D eigenvalue weighted by Crippen LogP contribution is -2.31. The van der Waals surface area contributed by atoms with E-state index in [0.717, 1.165) is 42.2 Å². The highest BCUT2D eigenvalue weighted by molar-refractivity contribution is 7.15. The summed E-state index contributed by atoms with van der Waals surface area (Å²) in [7, 11) is 0. The van der Waals surface area contributed by atoms with Crippen LogP contribution in [0.2, 0.25) is 0 Å². The van der Waals surface area contributed by atoms with Gasteiger partial charge in [0.25, 0.3) is 0 Å². The van der Waals surface area contributed by atoms with E-state index >= 15 is 0 Å². The maximum Gasteiger partial charge on any atom is 0.103 e. The Balaban J connectivity index is 1.79. The number of nitrogens with one attached hydrogen (secondary N) is 1. The summed E-state index contributed by atoms with van der Waals surface area (Å²) in [5.74, 6) is 1.31. The van der Waals surface area contributed by atoms with Crippen molar-refractivity contribution >= 4 is 11.3 Å². The van der Waals surface area contributed by atoms with Crippen molar-refractivity contribution < 1.29 is 0 Å². The van der Waals surface area contributed by atoms with E-state index in [1.165, 1.54) is 17.8 Å². The number of thiazole rings is 1. The fourth-order valence-corrected chi connectivity index (χ4v) is 4.11. The van der Waals surface area contributed by atoms with Crippen LogP contribution in [0.5, 0.6) is 0 Å². The van der Waals surface area contributed by atoms with Crippen molar-refractivity contribution in [3.63, 3.8) is 0 Å². The van der Waals surface area contributed by atoms with Crippen molar-refractivity contribution in [2.45, 2.75) is 39.5 Å². The minimum absolute atomic E-state index is 0.633. The Labute approximate surface area is 136 Å². The van der Waals surface area contributed by atoms with Gasteiger partial charge in [-0.1, -0.05) is 13.8 Å². The van der Waals surface area contributed by atoms with Crippen molar-refractivity contribution in [3.05, 3.63) is 29.3 Å². The molecule has 118 valence electrons. The van der Waals surface area contributed by atoms with Crippen molar-refractivity contribution in [1.82, 2.24) is 20.3 Å². The normalized spacial score (nSPS) is 18.8. The predicted octanol–water partition coefficient (Wildman–Crippen LogP) is 3.34. The molecule has 4 nitrogen and oxygen atoms in total. The third kappa shape index (κ3) is 3.90. The molecule has 0 aromatic carbocycles. The molecule has 0 unspecified atom stereocenters. The fraction of sp³-hybridized carbons (Fsp3) is 0.588. The standard InChI is InChI=1S/C17H24N4S/c1-12(2)8-16-21-11-15(22-16)17-14(19-6-7-20-17)9-13-4-3-5-18-10-13/h6-7,11-13,18H,3-5,8-10H2,1-2H3/t13-/m1/s1. The Bertz CT molecular complexity index is 602. The van der Waals surface area contributed by atoms with E-state index in [4.69, 9.17) is 0 Å². The average Bonchev–Trinajstić information content (AvgIpc) is 2.96. The first-order valence-corrected chi connectivity index (χ1v) is 8.99. The molecule has 1 atom stereocenters. The van der Waals surface area contributed by atoms with Crippen molar-refractivity contribution in [3.8, 4) is 10.6 Å². The zero-order valence-electron chi connectivity index (χ0n) is 13.4. The quantitative estimate of drug-likeness (QED) is 0.919. The van der Waals surface area contributed by atoms with Crippen LogP contribution in [0.15, 0.2) is 18.6 Å². The molecule has 3 rings (SSSR count). The topological polar surface area (TPSA) is 50.7 Å². The summed E-state index contributed by atoms with van der Waals surface area (Å²) in [6.45, 7) is 6.70. The molecule has 1 fully saturated rings. The molecule has 0 spiro atoms. The summed E-state index contributed by atoms with van der Waals surface area (Å²) in [6, 6.07) is 0. The Kier molecular flexibility index (Phi) is 5.16. The van der Waals surface area contributed by atoms with Crippen LogP contribution in [-0.2, 0) is 12.8 Å². The zero-order chi connectivity index (χ0) is 15.4. The summed E-state index contributed by atoms with van der Waals surface area (Å²) >= 11 is 1.76. The van der Waals surface area contributed by atoms with Gasteiger partial charge in [0.05, 0.1) is 15.6 Å². The molecule has 0 saturated carbocycles. The van der Waals surface area contributed by atoms with Gasteiger partial charge < -0.3 is 5.32 Å². The van der Waals surface area contributed by atoms with Gasteiger partial charge in [-0.25, -0.2) is 4.98 Å². The van der Waals surface area contributed by atoms with Crippen LogP contribution in [0.3, 0.4) is 0 Å². The minimum Gasteiger partial charge on any atom is -0.316 e. The molecule has 0 radical (unpaired) electrons. The average molecular weight is 316 g/mol. The van der Waals surface area contributed by atoms with Gasteiger partial charge in [-0.2, -0.15) is 0 Å². The first-order valence-electron chi connectivity index (χ1n) is 8.18. The molecule has 0 amide bonds. The van der Waals surface area contributed by atoms with Gasteiger partial charge in [0.15, 0.2) is 0 Å². The molecule has 2 aromatic rings. The molecule has 0 bridgehead atoms. The van der Waals surface area contributed by atoms with Gasteiger partial charge in [-0.3, -0.25) is 9.97 Å². The Hall–Kier alpha value is -1.33. The summed E-state index contributed by atoms with van der Waals surface area (Å²) in [5.41, 5.74) is 2.15. The molecule has 2 aromatic heterocycles. The lowest BCUT2D eigenvalue weighted by molar-refractivity contribution is 0.373. The smallest absolute Gasteiger partial charge is 0.103 e. The Morgan fingerprint density at radius 1 is 1.27 bits per heavy atom. The van der Waals surface area contributed by atoms with E-state index in [0.29, 0.717) is 11.8 Å². The Morgan fingerprint density at radius 2 is 2.14 bits per heavy atom. The van der Waals surface area contributed by atoms with Gasteiger partial charge in [-0.05, 0) is 44.2 Å². The van der Waals surface area contributed by atoms with E-state index < -0.39 is 0 Å². The number of nitrogens with zero attached hydrogens (tertiary/aromatic N) is 3. The highest BCUT2D eigenvalue weighted by Gasteiger charge is 2.18. The lowest BCUT2D eigenvalue weighted by atomic mass is 9.94. The van der Waals surface area contributed by atoms with Crippen LogP contribution in [0.4, 0.5) is 0 Å². The van der Waals surface area contributed by atoms with Gasteiger partial charge in [0.2, 0.25) is 0 Å². The second-order valence-electron chi connectivity index (χ2n) is 6.48. The maximum atomic E-state index is 4.61. The van der Waals surface area contributed by atoms with Gasteiger partial charge in [0.1, 0.15) is 5.69 Å². The van der Waals surface area contributed by atoms with E-state index in [2.05, 4.69) is 34.1 Å². The van der Waals surface area contributed by atoms with Crippen LogP contribution < -0.4 is 5.32 Å². The van der Waals surface area contributed by atoms with Crippen LogP contribution in [0.1, 0.15) is 37.4 Å². The van der Waals surface area contributed by atoms with E-state index in [1.54, 1.807) is 17.5 Å². The van der Waals surface area contributed by atoms with Crippen LogP contribution in [-0.4, -0.2) is 28.0 Å². The minimum atomic E-state index is 0.633. The van der Waals surface area contributed by atoms with Gasteiger partial charge in [0, 0.05) is 25.0 Å². The molecular formula is C17H24N4S. The summed E-state index contributed by atoms with van der Waals surface area (Å²) in [5, 5.41) is 4.68. The second kappa shape index (κ2) is 7.29. The number of aromatic nitrogens is 3. The molecule has 3 heterocycles. The molecule has 5 heteroatoms. The van der Waals surface area contributed by atoms with Crippen molar-refractivity contribution in [1.29, 1.82) is 0 Å². The van der Waals surface area contributed by atoms with Crippen LogP contribution in [0, 0.1) is 11.8 Å². The van der Waals surface area contributed by atoms with Crippen LogP contribution >= 0.6 is 11.3 Å². The first-order chi connectivity index (χ1) is 10.7. The molecule has 1 saturated heterocycles. The van der Waals surface area contributed by atoms with Crippen molar-refractivity contribution in [2.75, 3.05) is 13.1 Å². The highest BCUT2D eigenvalue weighted by Crippen LogP contribution is 2.29. The van der Waals surface area contributed by atoms with Gasteiger partial charge in [-0.15, -0.1) is 11.3 Å². The first kappa shape index (κ1) is 15.6. The van der Waals surface area contributed by atoms with Crippen LogP contribution in [0.25, 0.3) is 10.6 Å². The number of rotatable bonds is 5. The fourth-order valence-electron chi connectivity index (χ4n) is 2.96. The monoisotopic (exact) mass is 316 g/mol. The van der Waals surface area contributed by atoms with E-state index in [1.807, 2.05) is 12.4 Å². The van der Waals surface area contributed by atoms with Gasteiger partial charge >= 0.3 is 0 Å². The van der Waals surface area contributed by atoms with E-state index in [9.17, 15) is 0 Å². The maximum absolute atomic E-state index is 4.61. The second-order valence-corrected chi connectivity index (χ2v) is 7.60. The number of hydrogen-bond donors (Lipinski definition) is 1. The molecule has 1 aliphatic rings. The molecule has 1 aliphatic heterocycles. The number of piperidine rings is 1. The Morgan fingerprint density at radius 3 is 2.91 bits per heavy atom. The van der Waals surface area contributed by atoms with E-state index in [-0.39, 0.29) is 0 Å². The largest absolute Gasteiger partial charge is 0.316 e. The number of hydrogen-bond acceptors (Lipinski definition) is 5. The molecular weight excluding hydrogens is 292 g/mol. The molecule has 0 aliphatic carbocycles. The summed E-state index contributed by atoms with van der Waals surface area (Å²) in [6.07, 6.45) is 10.2.